The predicted molar refractivity (Wildman–Crippen MR) is 87.2 cm³/mol. The van der Waals surface area contributed by atoms with Gasteiger partial charge in [0, 0.05) is 24.6 Å². The Morgan fingerprint density at radius 1 is 1.33 bits per heavy atom. The average molecular weight is 285 g/mol. The quantitative estimate of drug-likeness (QED) is 0.655. The minimum Gasteiger partial charge on any atom is -0.370 e. The summed E-state index contributed by atoms with van der Waals surface area (Å²) in [7, 11) is 0. The first kappa shape index (κ1) is 15.1. The van der Waals surface area contributed by atoms with E-state index in [9.17, 15) is 0 Å². The Balaban J connectivity index is 1.97. The van der Waals surface area contributed by atoms with Gasteiger partial charge in [0.15, 0.2) is 5.96 Å². The van der Waals surface area contributed by atoms with Crippen LogP contribution in [-0.4, -0.2) is 15.5 Å². The van der Waals surface area contributed by atoms with Gasteiger partial charge in [-0.2, -0.15) is 0 Å². The fraction of sp³-hybridized carbons (Fsp3) is 0.375. The summed E-state index contributed by atoms with van der Waals surface area (Å²) in [6.45, 7) is 7.83. The molecule has 21 heavy (non-hydrogen) atoms. The lowest BCUT2D eigenvalue weighted by molar-refractivity contribution is 0.507. The van der Waals surface area contributed by atoms with E-state index in [4.69, 9.17) is 5.73 Å². The Kier molecular flexibility index (Phi) is 4.98. The van der Waals surface area contributed by atoms with Crippen LogP contribution in [0, 0.1) is 12.8 Å². The molecule has 0 aliphatic carbocycles. The molecule has 2 rings (SSSR count). The van der Waals surface area contributed by atoms with E-state index >= 15 is 0 Å². The Hall–Kier alpha value is -2.30. The van der Waals surface area contributed by atoms with E-state index in [0.29, 0.717) is 18.4 Å². The molecule has 0 fully saturated rings. The summed E-state index contributed by atoms with van der Waals surface area (Å²) in [5.41, 5.74) is 8.07. The smallest absolute Gasteiger partial charge is 0.193 e. The number of nitrogens with one attached hydrogen (secondary N) is 1. The number of aryl methyl sites for hydroxylation is 1. The van der Waals surface area contributed by atoms with Crippen LogP contribution in [0.15, 0.2) is 41.7 Å². The van der Waals surface area contributed by atoms with Crippen LogP contribution in [-0.2, 0) is 13.1 Å². The second-order valence-electron chi connectivity index (χ2n) is 5.58. The van der Waals surface area contributed by atoms with E-state index in [1.54, 1.807) is 6.20 Å². The van der Waals surface area contributed by atoms with Gasteiger partial charge in [-0.1, -0.05) is 31.5 Å². The summed E-state index contributed by atoms with van der Waals surface area (Å²) in [6, 6.07) is 8.03. The molecular formula is C16H23N5. The van der Waals surface area contributed by atoms with Crippen LogP contribution in [0.2, 0.25) is 0 Å². The van der Waals surface area contributed by atoms with Gasteiger partial charge >= 0.3 is 0 Å². The van der Waals surface area contributed by atoms with Crippen LogP contribution in [0.5, 0.6) is 0 Å². The first-order valence-electron chi connectivity index (χ1n) is 7.18. The summed E-state index contributed by atoms with van der Waals surface area (Å²) in [6.07, 6.45) is 3.78. The summed E-state index contributed by atoms with van der Waals surface area (Å²) < 4.78 is 2.12. The van der Waals surface area contributed by atoms with E-state index in [1.165, 1.54) is 5.56 Å². The van der Waals surface area contributed by atoms with Crippen molar-refractivity contribution in [2.45, 2.75) is 33.9 Å². The molecule has 0 saturated heterocycles. The molecule has 3 N–H and O–H groups in total. The summed E-state index contributed by atoms with van der Waals surface area (Å²) in [4.78, 5) is 8.68. The second kappa shape index (κ2) is 6.92. The minimum absolute atomic E-state index is 0.401. The lowest BCUT2D eigenvalue weighted by Crippen LogP contribution is -2.23. The second-order valence-corrected chi connectivity index (χ2v) is 5.58. The number of imidazole rings is 1. The maximum absolute atomic E-state index is 5.91. The highest BCUT2D eigenvalue weighted by Crippen LogP contribution is 2.08. The number of nitrogens with two attached hydrogens (primary N) is 1. The van der Waals surface area contributed by atoms with Crippen LogP contribution in [0.1, 0.15) is 25.2 Å². The molecule has 1 aromatic heterocycles. The number of nitrogens with zero attached hydrogens (tertiary/aromatic N) is 3. The van der Waals surface area contributed by atoms with Gasteiger partial charge in [0.1, 0.15) is 12.4 Å². The fourth-order valence-corrected chi connectivity index (χ4v) is 2.03. The van der Waals surface area contributed by atoms with Crippen molar-refractivity contribution in [2.75, 3.05) is 5.32 Å². The topological polar surface area (TPSA) is 68.2 Å². The van der Waals surface area contributed by atoms with Crippen LogP contribution in [0.4, 0.5) is 5.69 Å². The minimum atomic E-state index is 0.401. The molecule has 0 amide bonds. The largest absolute Gasteiger partial charge is 0.370 e. The third kappa shape index (κ3) is 4.63. The molecule has 0 bridgehead atoms. The van der Waals surface area contributed by atoms with Crippen molar-refractivity contribution >= 4 is 11.6 Å². The lowest BCUT2D eigenvalue weighted by atomic mass is 10.2. The van der Waals surface area contributed by atoms with Gasteiger partial charge in [-0.25, -0.2) is 9.98 Å². The van der Waals surface area contributed by atoms with E-state index in [0.717, 1.165) is 18.1 Å². The zero-order valence-corrected chi connectivity index (χ0v) is 12.9. The number of benzene rings is 1. The molecular weight excluding hydrogens is 262 g/mol. The number of hydrogen-bond acceptors (Lipinski definition) is 2. The third-order valence-electron chi connectivity index (χ3n) is 3.08. The monoisotopic (exact) mass is 285 g/mol. The molecule has 1 aromatic carbocycles. The maximum atomic E-state index is 5.91. The number of aromatic nitrogens is 2. The Labute approximate surface area is 125 Å². The van der Waals surface area contributed by atoms with E-state index in [2.05, 4.69) is 40.6 Å². The van der Waals surface area contributed by atoms with Crippen molar-refractivity contribution < 1.29 is 0 Å². The summed E-state index contributed by atoms with van der Waals surface area (Å²) in [5.74, 6) is 1.90. The van der Waals surface area contributed by atoms with Crippen molar-refractivity contribution in [3.63, 3.8) is 0 Å². The van der Waals surface area contributed by atoms with E-state index in [-0.39, 0.29) is 0 Å². The van der Waals surface area contributed by atoms with Gasteiger partial charge in [0.25, 0.3) is 0 Å². The molecule has 0 aliphatic rings. The van der Waals surface area contributed by atoms with Crippen LogP contribution in [0.3, 0.4) is 0 Å². The van der Waals surface area contributed by atoms with Gasteiger partial charge in [0.2, 0.25) is 0 Å². The average Bonchev–Trinajstić information content (AvgIpc) is 2.85. The van der Waals surface area contributed by atoms with Crippen molar-refractivity contribution in [1.82, 2.24) is 9.55 Å². The van der Waals surface area contributed by atoms with Crippen LogP contribution in [0.25, 0.3) is 0 Å². The molecule has 0 atom stereocenters. The lowest BCUT2D eigenvalue weighted by Gasteiger charge is -2.09. The molecule has 0 saturated carbocycles. The maximum Gasteiger partial charge on any atom is 0.193 e. The molecule has 5 heteroatoms. The Morgan fingerprint density at radius 3 is 2.71 bits per heavy atom. The van der Waals surface area contributed by atoms with Crippen molar-refractivity contribution in [3.8, 4) is 0 Å². The zero-order chi connectivity index (χ0) is 15.2. The van der Waals surface area contributed by atoms with Crippen molar-refractivity contribution in [1.29, 1.82) is 0 Å². The highest BCUT2D eigenvalue weighted by atomic mass is 15.1. The zero-order valence-electron chi connectivity index (χ0n) is 12.9. The van der Waals surface area contributed by atoms with Gasteiger partial charge in [-0.3, -0.25) is 0 Å². The number of guanidine groups is 1. The first-order chi connectivity index (χ1) is 10.0. The van der Waals surface area contributed by atoms with Crippen LogP contribution < -0.4 is 11.1 Å². The van der Waals surface area contributed by atoms with Crippen LogP contribution >= 0.6 is 0 Å². The van der Waals surface area contributed by atoms with Gasteiger partial charge in [-0.15, -0.1) is 0 Å². The molecule has 112 valence electrons. The van der Waals surface area contributed by atoms with Gasteiger partial charge < -0.3 is 15.6 Å². The fourth-order valence-electron chi connectivity index (χ4n) is 2.03. The number of rotatable bonds is 5. The molecule has 0 spiro atoms. The standard InChI is InChI=1S/C16H23N5/c1-12(2)11-21-9-8-18-15(21)10-19-16(17)20-14-6-4-13(3)5-7-14/h4-9,12H,10-11H2,1-3H3,(H3,17,19,20). The number of anilines is 1. The SMILES string of the molecule is Cc1ccc(NC(N)=NCc2nccn2CC(C)C)cc1. The summed E-state index contributed by atoms with van der Waals surface area (Å²) in [5, 5.41) is 3.08. The molecule has 1 heterocycles. The summed E-state index contributed by atoms with van der Waals surface area (Å²) >= 11 is 0. The highest BCUT2D eigenvalue weighted by molar-refractivity contribution is 5.92. The Bertz CT molecular complexity index is 595. The van der Waals surface area contributed by atoms with E-state index < -0.39 is 0 Å². The number of aliphatic imine (C=N–C) groups is 1. The number of hydrogen-bond donors (Lipinski definition) is 2. The molecule has 0 radical (unpaired) electrons. The van der Waals surface area contributed by atoms with Gasteiger partial charge in [-0.05, 0) is 25.0 Å². The first-order valence-corrected chi connectivity index (χ1v) is 7.18. The highest BCUT2D eigenvalue weighted by Gasteiger charge is 2.04. The third-order valence-corrected chi connectivity index (χ3v) is 3.08. The van der Waals surface area contributed by atoms with Crippen molar-refractivity contribution in [2.24, 2.45) is 16.6 Å². The van der Waals surface area contributed by atoms with E-state index in [1.807, 2.05) is 30.5 Å². The Morgan fingerprint density at radius 2 is 2.05 bits per heavy atom. The molecule has 5 nitrogen and oxygen atoms in total. The molecule has 2 aromatic rings. The molecule has 0 unspecified atom stereocenters. The van der Waals surface area contributed by atoms with Crippen molar-refractivity contribution in [3.05, 3.63) is 48.0 Å². The van der Waals surface area contributed by atoms with Gasteiger partial charge in [0.05, 0.1) is 0 Å². The molecule has 0 aliphatic heterocycles. The normalized spacial score (nSPS) is 11.9. The predicted octanol–water partition coefficient (Wildman–Crippen LogP) is 2.77.